The second-order valence-corrected chi connectivity index (χ2v) is 3.82. The van der Waals surface area contributed by atoms with E-state index in [0.29, 0.717) is 25.8 Å². The molecule has 6 nitrogen and oxygen atoms in total. The number of hydrogen-bond donors (Lipinski definition) is 2. The maximum absolute atomic E-state index is 11.2. The Morgan fingerprint density at radius 2 is 1.81 bits per heavy atom. The first-order valence-electron chi connectivity index (χ1n) is 5.48. The number of imide groups is 1. The van der Waals surface area contributed by atoms with Gasteiger partial charge in [0.05, 0.1) is 0 Å². The molecule has 0 saturated carbocycles. The minimum atomic E-state index is -0.187. The number of nitrogens with two attached hydrogens (primary N) is 1. The Bertz CT molecular complexity index is 275. The minimum absolute atomic E-state index is 0.0790. The van der Waals surface area contributed by atoms with E-state index in [2.05, 4.69) is 5.43 Å². The second kappa shape index (κ2) is 6.22. The number of nitrogens with zero attached hydrogens (tertiary/aromatic N) is 1. The number of hydrogen-bond acceptors (Lipinski definition) is 4. The zero-order valence-electron chi connectivity index (χ0n) is 9.20. The number of hydrazine groups is 1. The largest absolute Gasteiger partial charge is 0.294 e. The maximum atomic E-state index is 11.2. The molecule has 1 aliphatic heterocycles. The highest BCUT2D eigenvalue weighted by atomic mass is 16.2. The first-order chi connectivity index (χ1) is 7.65. The zero-order valence-corrected chi connectivity index (χ0v) is 9.20. The second-order valence-electron chi connectivity index (χ2n) is 3.82. The van der Waals surface area contributed by atoms with Crippen molar-refractivity contribution in [1.29, 1.82) is 0 Å². The SMILES string of the molecule is NNC(=O)CCCCCN1C(=O)CCC1=O. The maximum Gasteiger partial charge on any atom is 0.233 e. The summed E-state index contributed by atoms with van der Waals surface area (Å²) in [5, 5.41) is 0. The number of carbonyl (C=O) groups excluding carboxylic acids is 3. The van der Waals surface area contributed by atoms with Gasteiger partial charge in [-0.15, -0.1) is 0 Å². The Hall–Kier alpha value is -1.43. The Kier molecular flexibility index (Phi) is 4.91. The summed E-state index contributed by atoms with van der Waals surface area (Å²) in [6, 6.07) is 0. The van der Waals surface area contributed by atoms with Crippen molar-refractivity contribution in [3.63, 3.8) is 0 Å². The van der Waals surface area contributed by atoms with Crippen molar-refractivity contribution in [2.75, 3.05) is 6.54 Å². The molecular formula is C10H17N3O3. The van der Waals surface area contributed by atoms with Crippen LogP contribution in [0.5, 0.6) is 0 Å². The lowest BCUT2D eigenvalue weighted by Crippen LogP contribution is -2.30. The normalized spacial score (nSPS) is 15.7. The predicted octanol–water partition coefficient (Wildman–Crippen LogP) is -0.314. The summed E-state index contributed by atoms with van der Waals surface area (Å²) in [5.41, 5.74) is 2.05. The molecular weight excluding hydrogens is 210 g/mol. The van der Waals surface area contributed by atoms with Gasteiger partial charge in [-0.1, -0.05) is 6.42 Å². The highest BCUT2D eigenvalue weighted by Crippen LogP contribution is 2.13. The molecule has 0 spiro atoms. The number of carbonyl (C=O) groups is 3. The average Bonchev–Trinajstić information content (AvgIpc) is 2.59. The van der Waals surface area contributed by atoms with Crippen LogP contribution in [-0.2, 0) is 14.4 Å². The number of rotatable bonds is 6. The zero-order chi connectivity index (χ0) is 12.0. The van der Waals surface area contributed by atoms with Crippen LogP contribution in [0.2, 0.25) is 0 Å². The third-order valence-corrected chi connectivity index (χ3v) is 2.60. The van der Waals surface area contributed by atoms with Crippen LogP contribution in [0, 0.1) is 0 Å². The molecule has 1 rings (SSSR count). The van der Waals surface area contributed by atoms with E-state index < -0.39 is 0 Å². The monoisotopic (exact) mass is 227 g/mol. The van der Waals surface area contributed by atoms with Gasteiger partial charge in [-0.05, 0) is 12.8 Å². The van der Waals surface area contributed by atoms with E-state index in [1.54, 1.807) is 0 Å². The van der Waals surface area contributed by atoms with Gasteiger partial charge >= 0.3 is 0 Å². The summed E-state index contributed by atoms with van der Waals surface area (Å²) in [6.07, 6.45) is 3.35. The molecule has 0 unspecified atom stereocenters. The first-order valence-corrected chi connectivity index (χ1v) is 5.48. The van der Waals surface area contributed by atoms with E-state index in [9.17, 15) is 14.4 Å². The minimum Gasteiger partial charge on any atom is -0.294 e. The fourth-order valence-corrected chi connectivity index (χ4v) is 1.68. The Balaban J connectivity index is 2.09. The summed E-state index contributed by atoms with van der Waals surface area (Å²) in [7, 11) is 0. The van der Waals surface area contributed by atoms with Gasteiger partial charge in [0, 0.05) is 25.8 Å². The molecule has 1 heterocycles. The number of amides is 3. The number of nitrogens with one attached hydrogen (secondary N) is 1. The molecule has 0 aromatic carbocycles. The van der Waals surface area contributed by atoms with Crippen LogP contribution in [0.3, 0.4) is 0 Å². The molecule has 0 aromatic rings. The first kappa shape index (κ1) is 12.6. The third-order valence-electron chi connectivity index (χ3n) is 2.60. The summed E-state index contributed by atoms with van der Waals surface area (Å²) in [6.45, 7) is 0.474. The van der Waals surface area contributed by atoms with Crippen LogP contribution in [-0.4, -0.2) is 29.2 Å². The molecule has 3 amide bonds. The van der Waals surface area contributed by atoms with Gasteiger partial charge in [0.25, 0.3) is 0 Å². The molecule has 90 valence electrons. The highest BCUT2D eigenvalue weighted by Gasteiger charge is 2.27. The summed E-state index contributed by atoms with van der Waals surface area (Å²) >= 11 is 0. The lowest BCUT2D eigenvalue weighted by Gasteiger charge is -2.12. The van der Waals surface area contributed by atoms with Crippen LogP contribution in [0.1, 0.15) is 38.5 Å². The molecule has 1 saturated heterocycles. The molecule has 0 radical (unpaired) electrons. The van der Waals surface area contributed by atoms with Crippen molar-refractivity contribution in [3.05, 3.63) is 0 Å². The Morgan fingerprint density at radius 3 is 2.38 bits per heavy atom. The van der Waals surface area contributed by atoms with Gasteiger partial charge in [0.1, 0.15) is 0 Å². The standard InChI is InChI=1S/C10H17N3O3/c11-12-8(14)4-2-1-3-7-13-9(15)5-6-10(13)16/h1-7,11H2,(H,12,14). The fraction of sp³-hybridized carbons (Fsp3) is 0.700. The van der Waals surface area contributed by atoms with E-state index in [1.807, 2.05) is 0 Å². The van der Waals surface area contributed by atoms with E-state index in [1.165, 1.54) is 4.90 Å². The molecule has 0 aliphatic carbocycles. The van der Waals surface area contributed by atoms with Gasteiger partial charge in [0.2, 0.25) is 17.7 Å². The van der Waals surface area contributed by atoms with Crippen molar-refractivity contribution < 1.29 is 14.4 Å². The van der Waals surface area contributed by atoms with Gasteiger partial charge in [-0.3, -0.25) is 24.7 Å². The molecule has 16 heavy (non-hydrogen) atoms. The number of likely N-dealkylation sites (tertiary alicyclic amines) is 1. The summed E-state index contributed by atoms with van der Waals surface area (Å²) < 4.78 is 0. The van der Waals surface area contributed by atoms with Crippen molar-refractivity contribution in [3.8, 4) is 0 Å². The van der Waals surface area contributed by atoms with Gasteiger partial charge in [0.15, 0.2) is 0 Å². The van der Waals surface area contributed by atoms with E-state index in [-0.39, 0.29) is 17.7 Å². The van der Waals surface area contributed by atoms with Crippen LogP contribution in [0.25, 0.3) is 0 Å². The fourth-order valence-electron chi connectivity index (χ4n) is 1.68. The predicted molar refractivity (Wildman–Crippen MR) is 56.8 cm³/mol. The van der Waals surface area contributed by atoms with Crippen LogP contribution >= 0.6 is 0 Å². The van der Waals surface area contributed by atoms with Crippen LogP contribution in [0.15, 0.2) is 0 Å². The van der Waals surface area contributed by atoms with E-state index >= 15 is 0 Å². The molecule has 0 aromatic heterocycles. The average molecular weight is 227 g/mol. The molecule has 6 heteroatoms. The summed E-state index contributed by atoms with van der Waals surface area (Å²) in [5.74, 6) is 4.58. The van der Waals surface area contributed by atoms with Crippen molar-refractivity contribution >= 4 is 17.7 Å². The third kappa shape index (κ3) is 3.62. The Labute approximate surface area is 94.1 Å². The Morgan fingerprint density at radius 1 is 1.19 bits per heavy atom. The molecule has 0 bridgehead atoms. The van der Waals surface area contributed by atoms with Crippen LogP contribution < -0.4 is 11.3 Å². The highest BCUT2D eigenvalue weighted by molar-refractivity contribution is 6.01. The molecule has 0 atom stereocenters. The van der Waals surface area contributed by atoms with Crippen molar-refractivity contribution in [1.82, 2.24) is 10.3 Å². The van der Waals surface area contributed by atoms with Crippen molar-refractivity contribution in [2.24, 2.45) is 5.84 Å². The van der Waals surface area contributed by atoms with Gasteiger partial charge in [-0.2, -0.15) is 0 Å². The molecule has 3 N–H and O–H groups in total. The van der Waals surface area contributed by atoms with E-state index in [0.717, 1.165) is 19.3 Å². The molecule has 1 aliphatic rings. The molecule has 1 fully saturated rings. The topological polar surface area (TPSA) is 92.5 Å². The lowest BCUT2D eigenvalue weighted by atomic mass is 10.2. The smallest absolute Gasteiger partial charge is 0.233 e. The van der Waals surface area contributed by atoms with Crippen molar-refractivity contribution in [2.45, 2.75) is 38.5 Å². The number of unbranched alkanes of at least 4 members (excludes halogenated alkanes) is 2. The summed E-state index contributed by atoms with van der Waals surface area (Å²) in [4.78, 5) is 34.5. The quantitative estimate of drug-likeness (QED) is 0.214. The van der Waals surface area contributed by atoms with Crippen LogP contribution in [0.4, 0.5) is 0 Å². The van der Waals surface area contributed by atoms with Gasteiger partial charge < -0.3 is 0 Å². The van der Waals surface area contributed by atoms with Gasteiger partial charge in [-0.25, -0.2) is 5.84 Å². The lowest BCUT2D eigenvalue weighted by molar-refractivity contribution is -0.138. The van der Waals surface area contributed by atoms with E-state index in [4.69, 9.17) is 5.84 Å².